The van der Waals surface area contributed by atoms with Crippen molar-refractivity contribution in [1.82, 2.24) is 0 Å². The molecule has 3 aromatic carbocycles. The van der Waals surface area contributed by atoms with E-state index in [0.29, 0.717) is 0 Å². The van der Waals surface area contributed by atoms with Crippen LogP contribution in [0.4, 0.5) is 13.2 Å². The smallest absolute Gasteiger partial charge is 0.485 e. The molecule has 0 heterocycles. The van der Waals surface area contributed by atoms with Gasteiger partial charge in [0.15, 0.2) is 24.8 Å². The molecule has 0 aromatic heterocycles. The number of hydrogen-bond donors (Lipinski definition) is 0. The molecule has 3 aromatic rings. The fraction of sp³-hybridized carbons (Fsp3) is 0.217. The third kappa shape index (κ3) is 6.85. The SMILES string of the molecule is CC(C)(C)c1ccccc1[S+](c1ccccc1)c1ccccc1.O=S(=O)([O-])C(F)(F)F. The Hall–Kier alpha value is -2.29. The van der Waals surface area contributed by atoms with Crippen LogP contribution in [-0.2, 0) is 26.4 Å². The van der Waals surface area contributed by atoms with E-state index in [1.165, 1.54) is 20.2 Å². The highest BCUT2D eigenvalue weighted by atomic mass is 32.2. The zero-order valence-electron chi connectivity index (χ0n) is 17.3. The van der Waals surface area contributed by atoms with E-state index >= 15 is 0 Å². The molecule has 3 nitrogen and oxygen atoms in total. The van der Waals surface area contributed by atoms with Crippen LogP contribution in [0.3, 0.4) is 0 Å². The fourth-order valence-electron chi connectivity index (χ4n) is 2.77. The average molecular weight is 469 g/mol. The van der Waals surface area contributed by atoms with Crippen molar-refractivity contribution in [3.8, 4) is 0 Å². The fourth-order valence-corrected chi connectivity index (χ4v) is 5.21. The Kier molecular flexibility index (Phi) is 7.97. The Morgan fingerprint density at radius 2 is 1.06 bits per heavy atom. The van der Waals surface area contributed by atoms with Crippen LogP contribution in [0.1, 0.15) is 26.3 Å². The second-order valence-corrected chi connectivity index (χ2v) is 10.9. The van der Waals surface area contributed by atoms with Crippen molar-refractivity contribution in [3.63, 3.8) is 0 Å². The lowest BCUT2D eigenvalue weighted by Crippen LogP contribution is -2.21. The predicted molar refractivity (Wildman–Crippen MR) is 116 cm³/mol. The van der Waals surface area contributed by atoms with Crippen LogP contribution in [0, 0.1) is 0 Å². The molecule has 0 fully saturated rings. The minimum absolute atomic E-state index is 0.0727. The van der Waals surface area contributed by atoms with E-state index in [1.807, 2.05) is 0 Å². The van der Waals surface area contributed by atoms with Crippen molar-refractivity contribution in [3.05, 3.63) is 90.5 Å². The van der Waals surface area contributed by atoms with E-state index in [1.54, 1.807) is 0 Å². The van der Waals surface area contributed by atoms with Crippen LogP contribution in [0.15, 0.2) is 99.6 Å². The number of benzene rings is 3. The van der Waals surface area contributed by atoms with Gasteiger partial charge in [-0.05, 0) is 35.7 Å². The minimum Gasteiger partial charge on any atom is -0.741 e. The summed E-state index contributed by atoms with van der Waals surface area (Å²) in [6, 6.07) is 30.6. The molecule has 31 heavy (non-hydrogen) atoms. The van der Waals surface area contributed by atoms with Gasteiger partial charge in [-0.2, -0.15) is 13.2 Å². The van der Waals surface area contributed by atoms with E-state index in [9.17, 15) is 13.2 Å². The number of alkyl halides is 3. The molecular formula is C23H23F3O3S2. The van der Waals surface area contributed by atoms with Crippen LogP contribution in [0.25, 0.3) is 0 Å². The zero-order chi connectivity index (χ0) is 23.3. The topological polar surface area (TPSA) is 57.2 Å². The molecule has 0 amide bonds. The van der Waals surface area contributed by atoms with Crippen LogP contribution < -0.4 is 0 Å². The van der Waals surface area contributed by atoms with Gasteiger partial charge in [0.25, 0.3) is 0 Å². The maximum absolute atomic E-state index is 10.7. The summed E-state index contributed by atoms with van der Waals surface area (Å²) in [6.07, 6.45) is 0. The Labute approximate surface area is 184 Å². The molecule has 0 spiro atoms. The van der Waals surface area contributed by atoms with E-state index < -0.39 is 15.6 Å². The minimum atomic E-state index is -6.09. The lowest BCUT2D eigenvalue weighted by molar-refractivity contribution is -0.0517. The van der Waals surface area contributed by atoms with Crippen molar-refractivity contribution in [2.45, 2.75) is 46.4 Å². The van der Waals surface area contributed by atoms with Crippen LogP contribution >= 0.6 is 0 Å². The summed E-state index contributed by atoms with van der Waals surface area (Å²) in [6.45, 7) is 6.88. The second-order valence-electron chi connectivity index (χ2n) is 7.58. The summed E-state index contributed by atoms with van der Waals surface area (Å²) in [5.41, 5.74) is -4.09. The Balaban J connectivity index is 0.000000366. The first-order chi connectivity index (χ1) is 14.3. The van der Waals surface area contributed by atoms with E-state index in [4.69, 9.17) is 13.0 Å². The normalized spacial score (nSPS) is 12.3. The highest BCUT2D eigenvalue weighted by Crippen LogP contribution is 2.37. The molecule has 0 aliphatic heterocycles. The lowest BCUT2D eigenvalue weighted by atomic mass is 9.87. The van der Waals surface area contributed by atoms with E-state index in [2.05, 4.69) is 106 Å². The van der Waals surface area contributed by atoms with Gasteiger partial charge in [-0.25, -0.2) is 8.42 Å². The molecule has 0 unspecified atom stereocenters. The summed E-state index contributed by atoms with van der Waals surface area (Å²) in [5.74, 6) is 0. The first-order valence-electron chi connectivity index (χ1n) is 9.28. The van der Waals surface area contributed by atoms with Crippen molar-refractivity contribution in [2.24, 2.45) is 0 Å². The molecule has 0 saturated heterocycles. The van der Waals surface area contributed by atoms with Gasteiger partial charge in [-0.3, -0.25) is 0 Å². The molecule has 3 rings (SSSR count). The molecule has 0 radical (unpaired) electrons. The Morgan fingerprint density at radius 3 is 1.42 bits per heavy atom. The van der Waals surface area contributed by atoms with Crippen molar-refractivity contribution in [1.29, 1.82) is 0 Å². The highest BCUT2D eigenvalue weighted by molar-refractivity contribution is 7.97. The summed E-state index contributed by atoms with van der Waals surface area (Å²) in [4.78, 5) is 4.17. The maximum atomic E-state index is 10.7. The van der Waals surface area contributed by atoms with Gasteiger partial charge in [0.05, 0.1) is 10.9 Å². The summed E-state index contributed by atoms with van der Waals surface area (Å²) >= 11 is 0. The summed E-state index contributed by atoms with van der Waals surface area (Å²) in [5, 5.41) is 0. The number of rotatable bonds is 3. The Morgan fingerprint density at radius 1 is 0.710 bits per heavy atom. The van der Waals surface area contributed by atoms with Crippen LogP contribution in [-0.4, -0.2) is 18.5 Å². The van der Waals surface area contributed by atoms with Crippen LogP contribution in [0.5, 0.6) is 0 Å². The molecule has 0 bridgehead atoms. The lowest BCUT2D eigenvalue weighted by Gasteiger charge is -2.22. The first-order valence-corrected chi connectivity index (χ1v) is 11.9. The van der Waals surface area contributed by atoms with Crippen LogP contribution in [0.2, 0.25) is 0 Å². The van der Waals surface area contributed by atoms with E-state index in [-0.39, 0.29) is 16.3 Å². The zero-order valence-corrected chi connectivity index (χ0v) is 18.9. The molecule has 0 saturated carbocycles. The van der Waals surface area contributed by atoms with Gasteiger partial charge in [0.1, 0.15) is 0 Å². The summed E-state index contributed by atoms with van der Waals surface area (Å²) < 4.78 is 58.9. The quantitative estimate of drug-likeness (QED) is 0.264. The van der Waals surface area contributed by atoms with Crippen molar-refractivity contribution < 1.29 is 26.1 Å². The Bertz CT molecular complexity index is 1040. The molecule has 0 atom stereocenters. The van der Waals surface area contributed by atoms with Crippen molar-refractivity contribution in [2.75, 3.05) is 0 Å². The molecule has 166 valence electrons. The molecule has 0 aliphatic carbocycles. The molecule has 0 N–H and O–H groups in total. The molecular weight excluding hydrogens is 445 g/mol. The summed E-state index contributed by atoms with van der Waals surface area (Å²) in [7, 11) is -6.16. The highest BCUT2D eigenvalue weighted by Gasteiger charge is 2.37. The maximum Gasteiger partial charge on any atom is 0.485 e. The van der Waals surface area contributed by atoms with Gasteiger partial charge < -0.3 is 4.55 Å². The van der Waals surface area contributed by atoms with Gasteiger partial charge in [0, 0.05) is 5.56 Å². The molecule has 0 aliphatic rings. The third-order valence-electron chi connectivity index (χ3n) is 4.16. The van der Waals surface area contributed by atoms with Gasteiger partial charge in [0.2, 0.25) is 0 Å². The second kappa shape index (κ2) is 9.89. The van der Waals surface area contributed by atoms with Crippen molar-refractivity contribution >= 4 is 21.0 Å². The number of hydrogen-bond acceptors (Lipinski definition) is 3. The molecule has 8 heteroatoms. The first kappa shape index (κ1) is 25.0. The monoisotopic (exact) mass is 468 g/mol. The third-order valence-corrected chi connectivity index (χ3v) is 7.01. The van der Waals surface area contributed by atoms with Gasteiger partial charge in [-0.1, -0.05) is 75.4 Å². The van der Waals surface area contributed by atoms with Gasteiger partial charge >= 0.3 is 5.51 Å². The predicted octanol–water partition coefficient (Wildman–Crippen LogP) is 6.13. The largest absolute Gasteiger partial charge is 0.741 e. The average Bonchev–Trinajstić information content (AvgIpc) is 2.68. The number of halogens is 3. The van der Waals surface area contributed by atoms with Gasteiger partial charge in [-0.15, -0.1) is 0 Å². The standard InChI is InChI=1S/C22H23S.CHF3O3S/c1-22(2,3)20-16-10-11-17-21(20)23(18-12-6-4-7-13-18)19-14-8-5-9-15-19;2-1(3,4)8(5,6)7/h4-17H,1-3H3;(H,5,6,7)/q+1;/p-1. The van der Waals surface area contributed by atoms with E-state index in [0.717, 1.165) is 0 Å².